The largest absolute Gasteiger partial charge is 0.389 e. The van der Waals surface area contributed by atoms with E-state index in [-0.39, 0.29) is 0 Å². The summed E-state index contributed by atoms with van der Waals surface area (Å²) in [5, 5.41) is 9.96. The number of halogens is 1. The van der Waals surface area contributed by atoms with Crippen molar-refractivity contribution >= 4 is 21.6 Å². The van der Waals surface area contributed by atoms with Crippen LogP contribution in [-0.4, -0.2) is 17.7 Å². The van der Waals surface area contributed by atoms with Crippen LogP contribution in [0.3, 0.4) is 0 Å². The van der Waals surface area contributed by atoms with Crippen LogP contribution in [-0.2, 0) is 0 Å². The lowest BCUT2D eigenvalue weighted by Crippen LogP contribution is -2.28. The molecule has 0 aromatic heterocycles. The van der Waals surface area contributed by atoms with Gasteiger partial charge in [-0.15, -0.1) is 0 Å². The number of aliphatic hydroxyl groups is 1. The SMILES string of the molecule is CCCCN(c1ccc(Br)cc1C(C)O)C1CC1. The molecule has 3 heteroatoms. The van der Waals surface area contributed by atoms with Gasteiger partial charge in [0, 0.05) is 28.3 Å². The Balaban J connectivity index is 2.28. The molecule has 0 saturated heterocycles. The molecular weight excluding hydrogens is 290 g/mol. The molecule has 0 amide bonds. The van der Waals surface area contributed by atoms with Gasteiger partial charge in [0.2, 0.25) is 0 Å². The summed E-state index contributed by atoms with van der Waals surface area (Å²) in [5.74, 6) is 0. The smallest absolute Gasteiger partial charge is 0.0782 e. The summed E-state index contributed by atoms with van der Waals surface area (Å²) < 4.78 is 1.04. The second kappa shape index (κ2) is 6.07. The lowest BCUT2D eigenvalue weighted by atomic mass is 10.1. The number of hydrogen-bond donors (Lipinski definition) is 1. The van der Waals surface area contributed by atoms with E-state index in [0.29, 0.717) is 6.04 Å². The summed E-state index contributed by atoms with van der Waals surface area (Å²) in [6.07, 6.45) is 4.59. The summed E-state index contributed by atoms with van der Waals surface area (Å²) in [7, 11) is 0. The molecule has 1 fully saturated rings. The maximum atomic E-state index is 9.96. The van der Waals surface area contributed by atoms with E-state index in [1.54, 1.807) is 0 Å². The van der Waals surface area contributed by atoms with Crippen LogP contribution in [0.4, 0.5) is 5.69 Å². The molecule has 0 bridgehead atoms. The van der Waals surface area contributed by atoms with Gasteiger partial charge in [-0.05, 0) is 44.4 Å². The Morgan fingerprint density at radius 3 is 2.72 bits per heavy atom. The van der Waals surface area contributed by atoms with Gasteiger partial charge in [-0.1, -0.05) is 29.3 Å². The van der Waals surface area contributed by atoms with Crippen LogP contribution in [0.5, 0.6) is 0 Å². The molecule has 1 aliphatic rings. The highest BCUT2D eigenvalue weighted by molar-refractivity contribution is 9.10. The highest BCUT2D eigenvalue weighted by Crippen LogP contribution is 2.37. The van der Waals surface area contributed by atoms with Gasteiger partial charge < -0.3 is 10.0 Å². The molecule has 1 saturated carbocycles. The Morgan fingerprint density at radius 2 is 2.17 bits per heavy atom. The van der Waals surface area contributed by atoms with Crippen molar-refractivity contribution in [2.45, 2.75) is 51.7 Å². The molecular formula is C15H22BrNO. The number of rotatable bonds is 6. The number of anilines is 1. The summed E-state index contributed by atoms with van der Waals surface area (Å²) in [5.41, 5.74) is 2.25. The van der Waals surface area contributed by atoms with E-state index in [2.05, 4.69) is 39.9 Å². The van der Waals surface area contributed by atoms with E-state index in [1.807, 2.05) is 13.0 Å². The fourth-order valence-corrected chi connectivity index (χ4v) is 2.71. The second-order valence-corrected chi connectivity index (χ2v) is 6.07. The normalized spacial score (nSPS) is 16.7. The number of hydrogen-bond acceptors (Lipinski definition) is 2. The van der Waals surface area contributed by atoms with E-state index in [9.17, 15) is 5.11 Å². The Bertz CT molecular complexity index is 401. The van der Waals surface area contributed by atoms with Crippen molar-refractivity contribution in [3.8, 4) is 0 Å². The van der Waals surface area contributed by atoms with Crippen LogP contribution in [0.15, 0.2) is 22.7 Å². The predicted molar refractivity (Wildman–Crippen MR) is 80.1 cm³/mol. The summed E-state index contributed by atoms with van der Waals surface area (Å²) in [6.45, 7) is 5.17. The van der Waals surface area contributed by atoms with Crippen molar-refractivity contribution in [3.05, 3.63) is 28.2 Å². The van der Waals surface area contributed by atoms with Crippen LogP contribution in [0.2, 0.25) is 0 Å². The van der Waals surface area contributed by atoms with Crippen LogP contribution in [0.25, 0.3) is 0 Å². The van der Waals surface area contributed by atoms with E-state index in [0.717, 1.165) is 16.6 Å². The number of benzene rings is 1. The van der Waals surface area contributed by atoms with Gasteiger partial charge in [-0.3, -0.25) is 0 Å². The third-order valence-electron chi connectivity index (χ3n) is 3.49. The topological polar surface area (TPSA) is 23.5 Å². The van der Waals surface area contributed by atoms with Gasteiger partial charge in [-0.25, -0.2) is 0 Å². The molecule has 2 rings (SSSR count). The first-order chi connectivity index (χ1) is 8.63. The molecule has 1 aliphatic carbocycles. The quantitative estimate of drug-likeness (QED) is 0.848. The van der Waals surface area contributed by atoms with Crippen molar-refractivity contribution in [1.29, 1.82) is 0 Å². The van der Waals surface area contributed by atoms with Gasteiger partial charge in [0.05, 0.1) is 6.10 Å². The Morgan fingerprint density at radius 1 is 1.44 bits per heavy atom. The van der Waals surface area contributed by atoms with Gasteiger partial charge >= 0.3 is 0 Å². The molecule has 2 nitrogen and oxygen atoms in total. The first-order valence-corrected chi connectivity index (χ1v) is 7.67. The highest BCUT2D eigenvalue weighted by atomic mass is 79.9. The average Bonchev–Trinajstić information content (AvgIpc) is 3.15. The molecule has 1 unspecified atom stereocenters. The molecule has 0 heterocycles. The van der Waals surface area contributed by atoms with Crippen molar-refractivity contribution < 1.29 is 5.11 Å². The molecule has 0 spiro atoms. The number of aliphatic hydroxyl groups excluding tert-OH is 1. The molecule has 1 aromatic rings. The zero-order chi connectivity index (χ0) is 13.1. The summed E-state index contributed by atoms with van der Waals surface area (Å²) in [4.78, 5) is 2.48. The van der Waals surface area contributed by atoms with Gasteiger partial charge in [-0.2, -0.15) is 0 Å². The van der Waals surface area contributed by atoms with E-state index in [1.165, 1.54) is 31.4 Å². The Hall–Kier alpha value is -0.540. The first-order valence-electron chi connectivity index (χ1n) is 6.87. The van der Waals surface area contributed by atoms with E-state index < -0.39 is 6.10 Å². The van der Waals surface area contributed by atoms with E-state index in [4.69, 9.17) is 0 Å². The summed E-state index contributed by atoms with van der Waals surface area (Å²) >= 11 is 3.49. The van der Waals surface area contributed by atoms with Crippen molar-refractivity contribution in [3.63, 3.8) is 0 Å². The van der Waals surface area contributed by atoms with Crippen molar-refractivity contribution in [1.82, 2.24) is 0 Å². The standard InChI is InChI=1S/C15H22BrNO/c1-3-4-9-17(13-6-7-13)15-8-5-12(16)10-14(15)11(2)18/h5,8,10-11,13,18H,3-4,6-7,9H2,1-2H3. The molecule has 18 heavy (non-hydrogen) atoms. The van der Waals surface area contributed by atoms with Crippen molar-refractivity contribution in [2.24, 2.45) is 0 Å². The minimum atomic E-state index is -0.416. The molecule has 100 valence electrons. The second-order valence-electron chi connectivity index (χ2n) is 5.16. The average molecular weight is 312 g/mol. The molecule has 1 atom stereocenters. The monoisotopic (exact) mass is 311 g/mol. The third kappa shape index (κ3) is 3.27. The zero-order valence-corrected chi connectivity index (χ0v) is 12.8. The van der Waals surface area contributed by atoms with Crippen LogP contribution >= 0.6 is 15.9 Å². The van der Waals surface area contributed by atoms with Crippen LogP contribution in [0, 0.1) is 0 Å². The zero-order valence-electron chi connectivity index (χ0n) is 11.2. The highest BCUT2D eigenvalue weighted by Gasteiger charge is 2.30. The molecule has 0 aliphatic heterocycles. The fourth-order valence-electron chi connectivity index (χ4n) is 2.34. The lowest BCUT2D eigenvalue weighted by Gasteiger charge is -2.28. The molecule has 0 radical (unpaired) electrons. The molecule has 1 N–H and O–H groups in total. The Kier molecular flexibility index (Phi) is 4.68. The van der Waals surface area contributed by atoms with Gasteiger partial charge in [0.15, 0.2) is 0 Å². The van der Waals surface area contributed by atoms with Crippen molar-refractivity contribution in [2.75, 3.05) is 11.4 Å². The molecule has 1 aromatic carbocycles. The van der Waals surface area contributed by atoms with Gasteiger partial charge in [0.25, 0.3) is 0 Å². The number of nitrogens with zero attached hydrogens (tertiary/aromatic N) is 1. The minimum Gasteiger partial charge on any atom is -0.389 e. The lowest BCUT2D eigenvalue weighted by molar-refractivity contribution is 0.199. The maximum Gasteiger partial charge on any atom is 0.0782 e. The maximum absolute atomic E-state index is 9.96. The number of unbranched alkanes of at least 4 members (excludes halogenated alkanes) is 1. The fraction of sp³-hybridized carbons (Fsp3) is 0.600. The summed E-state index contributed by atoms with van der Waals surface area (Å²) in [6, 6.07) is 6.94. The first kappa shape index (κ1) is 13.9. The minimum absolute atomic E-state index is 0.416. The van der Waals surface area contributed by atoms with Crippen LogP contribution in [0.1, 0.15) is 51.2 Å². The third-order valence-corrected chi connectivity index (χ3v) is 3.98. The Labute approximate surface area is 118 Å². The van der Waals surface area contributed by atoms with E-state index >= 15 is 0 Å². The van der Waals surface area contributed by atoms with Crippen LogP contribution < -0.4 is 4.90 Å². The van der Waals surface area contributed by atoms with Gasteiger partial charge in [0.1, 0.15) is 0 Å². The predicted octanol–water partition coefficient (Wildman–Crippen LogP) is 4.27.